The van der Waals surface area contributed by atoms with Crippen molar-refractivity contribution in [3.8, 4) is 6.07 Å². The molecule has 15 heavy (non-hydrogen) atoms. The van der Waals surface area contributed by atoms with E-state index in [-0.39, 0.29) is 11.9 Å². The number of rotatable bonds is 3. The molecule has 0 aliphatic heterocycles. The Balaban J connectivity index is 3.04. The van der Waals surface area contributed by atoms with Gasteiger partial charge in [-0.25, -0.2) is 4.39 Å². The number of nitrogens with one attached hydrogen (secondary N) is 1. The van der Waals surface area contributed by atoms with Crippen LogP contribution >= 0.6 is 0 Å². The van der Waals surface area contributed by atoms with Gasteiger partial charge in [-0.2, -0.15) is 5.26 Å². The van der Waals surface area contributed by atoms with Crippen molar-refractivity contribution in [1.82, 2.24) is 5.32 Å². The zero-order valence-corrected chi connectivity index (χ0v) is 9.21. The number of halogens is 1. The molecule has 0 radical (unpaired) electrons. The molecule has 1 unspecified atom stereocenters. The van der Waals surface area contributed by atoms with E-state index in [9.17, 15) is 4.39 Å². The van der Waals surface area contributed by atoms with Crippen LogP contribution in [-0.2, 0) is 0 Å². The highest BCUT2D eigenvalue weighted by Crippen LogP contribution is 2.32. The largest absolute Gasteiger partial charge is 0.312 e. The lowest BCUT2D eigenvalue weighted by Gasteiger charge is -2.28. The fourth-order valence-corrected chi connectivity index (χ4v) is 1.66. The lowest BCUT2D eigenvalue weighted by molar-refractivity contribution is 0.344. The third-order valence-corrected chi connectivity index (χ3v) is 2.50. The first-order chi connectivity index (χ1) is 7.01. The van der Waals surface area contributed by atoms with Gasteiger partial charge in [-0.1, -0.05) is 12.1 Å². The number of nitrogens with zero attached hydrogens (tertiary/aromatic N) is 1. The molecule has 1 atom stereocenters. The van der Waals surface area contributed by atoms with Gasteiger partial charge in [-0.15, -0.1) is 0 Å². The molecule has 2 nitrogen and oxygen atoms in total. The minimum absolute atomic E-state index is 0.0944. The topological polar surface area (TPSA) is 35.8 Å². The Kier molecular flexibility index (Phi) is 3.43. The second kappa shape index (κ2) is 4.41. The standard InChI is InChI=1S/C12H15FN2/c1-12(2,8-14)11(15-3)9-4-6-10(13)7-5-9/h4-7,11,15H,1-3H3. The van der Waals surface area contributed by atoms with Gasteiger partial charge >= 0.3 is 0 Å². The summed E-state index contributed by atoms with van der Waals surface area (Å²) in [7, 11) is 1.80. The van der Waals surface area contributed by atoms with Crippen LogP contribution in [0.1, 0.15) is 25.5 Å². The Morgan fingerprint density at radius 2 is 1.87 bits per heavy atom. The van der Waals surface area contributed by atoms with Crippen molar-refractivity contribution < 1.29 is 4.39 Å². The molecule has 0 amide bonds. The quantitative estimate of drug-likeness (QED) is 0.825. The summed E-state index contributed by atoms with van der Waals surface area (Å²) < 4.78 is 12.7. The maximum atomic E-state index is 12.7. The molecule has 1 aromatic carbocycles. The molecule has 0 fully saturated rings. The van der Waals surface area contributed by atoms with Crippen molar-refractivity contribution in [3.63, 3.8) is 0 Å². The fourth-order valence-electron chi connectivity index (χ4n) is 1.66. The molecule has 0 aliphatic rings. The molecule has 0 saturated carbocycles. The van der Waals surface area contributed by atoms with Crippen molar-refractivity contribution in [1.29, 1.82) is 5.26 Å². The molecule has 0 saturated heterocycles. The molecule has 1 aromatic rings. The highest BCUT2D eigenvalue weighted by molar-refractivity contribution is 5.24. The van der Waals surface area contributed by atoms with Crippen LogP contribution < -0.4 is 5.32 Å². The van der Waals surface area contributed by atoms with Gasteiger partial charge in [0.1, 0.15) is 5.82 Å². The summed E-state index contributed by atoms with van der Waals surface area (Å²) >= 11 is 0. The molecular weight excluding hydrogens is 191 g/mol. The highest BCUT2D eigenvalue weighted by Gasteiger charge is 2.29. The van der Waals surface area contributed by atoms with Crippen molar-refractivity contribution in [2.75, 3.05) is 7.05 Å². The zero-order chi connectivity index (χ0) is 11.5. The summed E-state index contributed by atoms with van der Waals surface area (Å²) in [6.45, 7) is 3.72. The Morgan fingerprint density at radius 1 is 1.33 bits per heavy atom. The Hall–Kier alpha value is -1.40. The number of hydrogen-bond acceptors (Lipinski definition) is 2. The van der Waals surface area contributed by atoms with E-state index in [1.807, 2.05) is 13.8 Å². The van der Waals surface area contributed by atoms with Crippen LogP contribution in [0.5, 0.6) is 0 Å². The lowest BCUT2D eigenvalue weighted by atomic mass is 9.82. The van der Waals surface area contributed by atoms with Crippen molar-refractivity contribution in [2.45, 2.75) is 19.9 Å². The van der Waals surface area contributed by atoms with Gasteiger partial charge in [0, 0.05) is 0 Å². The maximum Gasteiger partial charge on any atom is 0.123 e. The second-order valence-electron chi connectivity index (χ2n) is 4.11. The summed E-state index contributed by atoms with van der Waals surface area (Å²) in [5.74, 6) is -0.261. The summed E-state index contributed by atoms with van der Waals surface area (Å²) in [6.07, 6.45) is 0. The normalized spacial score (nSPS) is 13.3. The molecule has 1 rings (SSSR count). The molecule has 0 heterocycles. The first-order valence-electron chi connectivity index (χ1n) is 4.85. The van der Waals surface area contributed by atoms with Crippen LogP contribution in [0.25, 0.3) is 0 Å². The Morgan fingerprint density at radius 3 is 2.27 bits per heavy atom. The van der Waals surface area contributed by atoms with Gasteiger partial charge in [0.2, 0.25) is 0 Å². The maximum absolute atomic E-state index is 12.7. The minimum Gasteiger partial charge on any atom is -0.312 e. The van der Waals surface area contributed by atoms with Gasteiger partial charge in [-0.05, 0) is 38.6 Å². The van der Waals surface area contributed by atoms with Crippen LogP contribution in [0.4, 0.5) is 4.39 Å². The zero-order valence-electron chi connectivity index (χ0n) is 9.21. The van der Waals surface area contributed by atoms with Crippen LogP contribution in [0.15, 0.2) is 24.3 Å². The van der Waals surface area contributed by atoms with Crippen LogP contribution in [0, 0.1) is 22.6 Å². The molecular formula is C12H15FN2. The van der Waals surface area contributed by atoms with Gasteiger partial charge in [0.05, 0.1) is 17.5 Å². The first-order valence-corrected chi connectivity index (χ1v) is 4.85. The third kappa shape index (κ3) is 2.54. The van der Waals surface area contributed by atoms with Gasteiger partial charge in [0.15, 0.2) is 0 Å². The minimum atomic E-state index is -0.521. The van der Waals surface area contributed by atoms with Crippen LogP contribution in [0.3, 0.4) is 0 Å². The molecule has 0 aromatic heterocycles. The molecule has 3 heteroatoms. The van der Waals surface area contributed by atoms with E-state index in [1.54, 1.807) is 19.2 Å². The molecule has 0 aliphatic carbocycles. The summed E-state index contributed by atoms with van der Waals surface area (Å²) in [5, 5.41) is 12.1. The first kappa shape index (κ1) is 11.7. The summed E-state index contributed by atoms with van der Waals surface area (Å²) in [6, 6.07) is 8.38. The van der Waals surface area contributed by atoms with Crippen molar-refractivity contribution in [3.05, 3.63) is 35.6 Å². The third-order valence-electron chi connectivity index (χ3n) is 2.50. The van der Waals surface area contributed by atoms with Crippen LogP contribution in [-0.4, -0.2) is 7.05 Å². The average Bonchev–Trinajstić information content (AvgIpc) is 2.22. The lowest BCUT2D eigenvalue weighted by Crippen LogP contribution is -2.30. The van der Waals surface area contributed by atoms with E-state index in [2.05, 4.69) is 11.4 Å². The average molecular weight is 206 g/mol. The number of benzene rings is 1. The molecule has 80 valence electrons. The van der Waals surface area contributed by atoms with E-state index >= 15 is 0 Å². The van der Waals surface area contributed by atoms with Crippen LogP contribution in [0.2, 0.25) is 0 Å². The van der Waals surface area contributed by atoms with E-state index in [0.717, 1.165) is 5.56 Å². The SMILES string of the molecule is CNC(c1ccc(F)cc1)C(C)(C)C#N. The van der Waals surface area contributed by atoms with E-state index in [0.29, 0.717) is 0 Å². The van der Waals surface area contributed by atoms with E-state index in [1.165, 1.54) is 12.1 Å². The number of nitriles is 1. The van der Waals surface area contributed by atoms with Gasteiger partial charge in [-0.3, -0.25) is 0 Å². The van der Waals surface area contributed by atoms with Crippen molar-refractivity contribution >= 4 is 0 Å². The fraction of sp³-hybridized carbons (Fsp3) is 0.417. The Labute approximate surface area is 89.7 Å². The number of hydrogen-bond donors (Lipinski definition) is 1. The van der Waals surface area contributed by atoms with Crippen molar-refractivity contribution in [2.24, 2.45) is 5.41 Å². The highest BCUT2D eigenvalue weighted by atomic mass is 19.1. The summed E-state index contributed by atoms with van der Waals surface area (Å²) in [4.78, 5) is 0. The second-order valence-corrected chi connectivity index (χ2v) is 4.11. The smallest absolute Gasteiger partial charge is 0.123 e. The van der Waals surface area contributed by atoms with E-state index < -0.39 is 5.41 Å². The molecule has 1 N–H and O–H groups in total. The summed E-state index contributed by atoms with van der Waals surface area (Å²) in [5.41, 5.74) is 0.400. The predicted molar refractivity (Wildman–Crippen MR) is 57.6 cm³/mol. The van der Waals surface area contributed by atoms with E-state index in [4.69, 9.17) is 5.26 Å². The monoisotopic (exact) mass is 206 g/mol. The molecule has 0 spiro atoms. The predicted octanol–water partition coefficient (Wildman–Crippen LogP) is 2.64. The Bertz CT molecular complexity index is 362. The van der Waals surface area contributed by atoms with Gasteiger partial charge in [0.25, 0.3) is 0 Å². The van der Waals surface area contributed by atoms with Gasteiger partial charge < -0.3 is 5.32 Å². The molecule has 0 bridgehead atoms.